The lowest BCUT2D eigenvalue weighted by Gasteiger charge is -2.33. The highest BCUT2D eigenvalue weighted by Crippen LogP contribution is 2.37. The van der Waals surface area contributed by atoms with Crippen molar-refractivity contribution in [3.63, 3.8) is 0 Å². The Balaban J connectivity index is 1.82. The van der Waals surface area contributed by atoms with Gasteiger partial charge in [0.1, 0.15) is 16.2 Å². The van der Waals surface area contributed by atoms with E-state index < -0.39 is 21.7 Å². The van der Waals surface area contributed by atoms with Crippen molar-refractivity contribution < 1.29 is 27.5 Å². The molecule has 0 radical (unpaired) electrons. The van der Waals surface area contributed by atoms with Crippen molar-refractivity contribution in [3.8, 4) is 16.2 Å². The van der Waals surface area contributed by atoms with Crippen molar-refractivity contribution in [1.82, 2.24) is 14.6 Å². The summed E-state index contributed by atoms with van der Waals surface area (Å²) in [5.74, 6) is 0.147. The molecule has 39 heavy (non-hydrogen) atoms. The third kappa shape index (κ3) is 8.39. The number of methoxy groups -OCH3 is 1. The van der Waals surface area contributed by atoms with Gasteiger partial charge >= 0.3 is 6.09 Å². The molecule has 1 aromatic heterocycles. The number of sulfonamides is 1. The number of carbonyl (C=O) groups is 2. The highest BCUT2D eigenvalue weighted by molar-refractivity contribution is 7.89. The lowest BCUT2D eigenvalue weighted by Crippen LogP contribution is -2.50. The van der Waals surface area contributed by atoms with Crippen molar-refractivity contribution in [2.24, 2.45) is 0 Å². The number of carbonyl (C=O) groups excluding carboxylic acids is 2. The number of piperidine rings is 1. The molecule has 1 atom stereocenters. The van der Waals surface area contributed by atoms with Crippen LogP contribution in [0.4, 0.5) is 9.93 Å². The van der Waals surface area contributed by atoms with Crippen LogP contribution in [0.25, 0.3) is 10.4 Å². The summed E-state index contributed by atoms with van der Waals surface area (Å²) in [6.45, 7) is 9.70. The van der Waals surface area contributed by atoms with Gasteiger partial charge in [0.05, 0.1) is 17.7 Å². The zero-order valence-electron chi connectivity index (χ0n) is 23.6. The fourth-order valence-corrected chi connectivity index (χ4v) is 7.03. The molecule has 0 unspecified atom stereocenters. The van der Waals surface area contributed by atoms with Crippen LogP contribution in [0.1, 0.15) is 71.9 Å². The molecule has 0 aliphatic carbocycles. The fourth-order valence-electron chi connectivity index (χ4n) is 4.35. The summed E-state index contributed by atoms with van der Waals surface area (Å²) in [5.41, 5.74) is 0.707. The SMILES string of the molecule is CCCCCC(=O)Nc1nc(C)c(-c2ccc(OC)c(S(=O)(=O)N3CCC[C@@H](NC(=O)OC(C)(C)C)C3)c2)s1. The van der Waals surface area contributed by atoms with E-state index in [-0.39, 0.29) is 29.1 Å². The van der Waals surface area contributed by atoms with Crippen molar-refractivity contribution in [1.29, 1.82) is 0 Å². The van der Waals surface area contributed by atoms with Crippen LogP contribution in [0.5, 0.6) is 5.75 Å². The summed E-state index contributed by atoms with van der Waals surface area (Å²) in [4.78, 5) is 29.8. The van der Waals surface area contributed by atoms with Crippen molar-refractivity contribution in [2.45, 2.75) is 89.7 Å². The molecular formula is C27H40N4O6S2. The monoisotopic (exact) mass is 580 g/mol. The summed E-state index contributed by atoms with van der Waals surface area (Å²) in [6.07, 6.45) is 3.96. The minimum Gasteiger partial charge on any atom is -0.495 e. The molecule has 0 saturated carbocycles. The molecule has 0 spiro atoms. The molecule has 0 bridgehead atoms. The number of ether oxygens (including phenoxy) is 2. The molecule has 12 heteroatoms. The molecule has 10 nitrogen and oxygen atoms in total. The van der Waals surface area contributed by atoms with Gasteiger partial charge in [-0.15, -0.1) is 0 Å². The predicted molar refractivity (Wildman–Crippen MR) is 153 cm³/mol. The number of anilines is 1. The lowest BCUT2D eigenvalue weighted by atomic mass is 10.1. The number of unbranched alkanes of at least 4 members (excludes halogenated alkanes) is 2. The average molecular weight is 581 g/mol. The van der Waals surface area contributed by atoms with Crippen LogP contribution in [0, 0.1) is 6.92 Å². The molecule has 2 amide bonds. The van der Waals surface area contributed by atoms with Crippen LogP contribution < -0.4 is 15.4 Å². The number of hydrogen-bond acceptors (Lipinski definition) is 8. The molecule has 1 saturated heterocycles. The third-order valence-corrected chi connectivity index (χ3v) is 9.21. The first kappa shape index (κ1) is 30.8. The van der Waals surface area contributed by atoms with E-state index in [9.17, 15) is 18.0 Å². The first-order valence-corrected chi connectivity index (χ1v) is 15.5. The van der Waals surface area contributed by atoms with Gasteiger partial charge in [-0.3, -0.25) is 4.79 Å². The average Bonchev–Trinajstić information content (AvgIpc) is 3.22. The van der Waals surface area contributed by atoms with Crippen LogP contribution in [0.15, 0.2) is 23.1 Å². The smallest absolute Gasteiger partial charge is 0.407 e. The molecule has 2 heterocycles. The maximum atomic E-state index is 13.8. The largest absolute Gasteiger partial charge is 0.495 e. The van der Waals surface area contributed by atoms with Crippen molar-refractivity contribution in [2.75, 3.05) is 25.5 Å². The zero-order valence-corrected chi connectivity index (χ0v) is 25.3. The van der Waals surface area contributed by atoms with E-state index in [0.29, 0.717) is 42.2 Å². The standard InChI is InChI=1S/C27H40N4O6S2/c1-7-8-9-12-23(32)30-25-28-18(2)24(38-25)19-13-14-21(36-6)22(16-19)39(34,35)31-15-10-11-20(17-31)29-26(33)37-27(3,4)5/h13-14,16,20H,7-12,15,17H2,1-6H3,(H,29,33)(H,28,30,32)/t20-/m1/s1. The maximum Gasteiger partial charge on any atom is 0.407 e. The van der Waals surface area contributed by atoms with E-state index >= 15 is 0 Å². The van der Waals surface area contributed by atoms with E-state index in [0.717, 1.165) is 24.1 Å². The first-order chi connectivity index (χ1) is 18.3. The number of aromatic nitrogens is 1. The quantitative estimate of drug-likeness (QED) is 0.364. The van der Waals surface area contributed by atoms with E-state index in [4.69, 9.17) is 9.47 Å². The van der Waals surface area contributed by atoms with Gasteiger partial charge in [-0.2, -0.15) is 4.31 Å². The van der Waals surface area contributed by atoms with Crippen LogP contribution in [0.2, 0.25) is 0 Å². The third-order valence-electron chi connectivity index (χ3n) is 6.20. The molecule has 1 aliphatic heterocycles. The van der Waals surface area contributed by atoms with E-state index in [2.05, 4.69) is 22.5 Å². The molecule has 216 valence electrons. The van der Waals surface area contributed by atoms with Crippen molar-refractivity contribution in [3.05, 3.63) is 23.9 Å². The summed E-state index contributed by atoms with van der Waals surface area (Å²) in [7, 11) is -2.51. The Kier molecular flexibility index (Phi) is 10.4. The number of alkyl carbamates (subject to hydrolysis) is 1. The lowest BCUT2D eigenvalue weighted by molar-refractivity contribution is -0.116. The maximum absolute atomic E-state index is 13.8. The minimum atomic E-state index is -3.95. The van der Waals surface area contributed by atoms with Gasteiger partial charge in [0.15, 0.2) is 5.13 Å². The summed E-state index contributed by atoms with van der Waals surface area (Å²) in [5, 5.41) is 6.14. The Labute approximate surface area is 235 Å². The number of amides is 2. The second kappa shape index (κ2) is 13.1. The van der Waals surface area contributed by atoms with Crippen LogP contribution in [-0.2, 0) is 19.6 Å². The number of aryl methyl sites for hydroxylation is 1. The van der Waals surface area contributed by atoms with Gasteiger partial charge in [-0.1, -0.05) is 31.1 Å². The Hall–Kier alpha value is -2.70. The van der Waals surface area contributed by atoms with E-state index in [1.54, 1.807) is 39.0 Å². The number of nitrogens with one attached hydrogen (secondary N) is 2. The topological polar surface area (TPSA) is 127 Å². The molecule has 3 rings (SSSR count). The van der Waals surface area contributed by atoms with Crippen LogP contribution in [0.3, 0.4) is 0 Å². The second-order valence-electron chi connectivity index (χ2n) is 10.7. The Morgan fingerprint density at radius 2 is 1.97 bits per heavy atom. The highest BCUT2D eigenvalue weighted by Gasteiger charge is 2.34. The Bertz CT molecular complexity index is 1270. The minimum absolute atomic E-state index is 0.0402. The normalized spacial score (nSPS) is 16.5. The van der Waals surface area contributed by atoms with Gasteiger partial charge < -0.3 is 20.1 Å². The second-order valence-corrected chi connectivity index (χ2v) is 13.6. The Morgan fingerprint density at radius 3 is 2.64 bits per heavy atom. The van der Waals surface area contributed by atoms with Crippen LogP contribution >= 0.6 is 11.3 Å². The van der Waals surface area contributed by atoms with Gasteiger partial charge in [0.25, 0.3) is 0 Å². The van der Waals surface area contributed by atoms with Gasteiger partial charge in [0.2, 0.25) is 15.9 Å². The van der Waals surface area contributed by atoms with E-state index in [1.165, 1.54) is 22.8 Å². The summed E-state index contributed by atoms with van der Waals surface area (Å²) in [6, 6.07) is 4.63. The predicted octanol–water partition coefficient (Wildman–Crippen LogP) is 5.32. The molecule has 1 aromatic carbocycles. The number of hydrogen-bond donors (Lipinski definition) is 2. The number of rotatable bonds is 10. The summed E-state index contributed by atoms with van der Waals surface area (Å²) < 4.78 is 39.8. The van der Waals surface area contributed by atoms with Crippen molar-refractivity contribution >= 4 is 38.5 Å². The summed E-state index contributed by atoms with van der Waals surface area (Å²) >= 11 is 1.31. The van der Waals surface area contributed by atoms with Gasteiger partial charge in [-0.25, -0.2) is 18.2 Å². The van der Waals surface area contributed by atoms with E-state index in [1.807, 2.05) is 6.92 Å². The number of nitrogens with zero attached hydrogens (tertiary/aromatic N) is 2. The molecule has 1 aliphatic rings. The zero-order chi connectivity index (χ0) is 28.8. The van der Waals surface area contributed by atoms with Gasteiger partial charge in [0, 0.05) is 25.6 Å². The molecule has 2 aromatic rings. The molecular weight excluding hydrogens is 540 g/mol. The Morgan fingerprint density at radius 1 is 1.23 bits per heavy atom. The molecule has 2 N–H and O–H groups in total. The number of benzene rings is 1. The number of thiazole rings is 1. The first-order valence-electron chi connectivity index (χ1n) is 13.3. The van der Waals surface area contributed by atoms with Crippen LogP contribution in [-0.4, -0.2) is 61.5 Å². The van der Waals surface area contributed by atoms with Gasteiger partial charge in [-0.05, 0) is 70.7 Å². The molecule has 1 fully saturated rings. The highest BCUT2D eigenvalue weighted by atomic mass is 32.2. The fraction of sp³-hybridized carbons (Fsp3) is 0.593.